The molecule has 0 aliphatic heterocycles. The van der Waals surface area contributed by atoms with Gasteiger partial charge in [0.05, 0.1) is 12.1 Å². The number of benzene rings is 1. The summed E-state index contributed by atoms with van der Waals surface area (Å²) in [6.45, 7) is 0. The number of hydrogen-bond donors (Lipinski definition) is 1. The molecule has 0 bridgehead atoms. The molecule has 2 N–H and O–H groups in total. The van der Waals surface area contributed by atoms with Crippen LogP contribution in [0, 0.1) is 0 Å². The van der Waals surface area contributed by atoms with Gasteiger partial charge in [0.15, 0.2) is 0 Å². The number of alkyl halides is 3. The molecule has 1 rings (SSSR count). The Morgan fingerprint density at radius 2 is 2.06 bits per heavy atom. The lowest BCUT2D eigenvalue weighted by atomic mass is 10.0. The summed E-state index contributed by atoms with van der Waals surface area (Å²) in [5, 5.41) is 0.402. The van der Waals surface area contributed by atoms with Gasteiger partial charge in [-0.15, -0.1) is 0 Å². The minimum absolute atomic E-state index is 0.158. The minimum Gasteiger partial charge on any atom is -0.495 e. The van der Waals surface area contributed by atoms with Gasteiger partial charge in [0.1, 0.15) is 5.75 Å². The highest BCUT2D eigenvalue weighted by Gasteiger charge is 2.27. The highest BCUT2D eigenvalue weighted by Crippen LogP contribution is 2.30. The van der Waals surface area contributed by atoms with E-state index in [2.05, 4.69) is 0 Å². The predicted octanol–water partition coefficient (Wildman–Crippen LogP) is 3.69. The Hall–Kier alpha value is -0.940. The van der Waals surface area contributed by atoms with Gasteiger partial charge < -0.3 is 10.5 Å². The van der Waals surface area contributed by atoms with Crippen molar-refractivity contribution in [1.29, 1.82) is 0 Å². The van der Waals surface area contributed by atoms with E-state index in [1.54, 1.807) is 18.2 Å². The number of nitrogens with two attached hydrogens (primary N) is 1. The molecule has 1 atom stereocenters. The molecule has 0 saturated heterocycles. The van der Waals surface area contributed by atoms with Gasteiger partial charge in [0.25, 0.3) is 0 Å². The Bertz CT molecular complexity index is 381. The maximum absolute atomic E-state index is 12.0. The van der Waals surface area contributed by atoms with Crippen LogP contribution in [-0.4, -0.2) is 13.3 Å². The van der Waals surface area contributed by atoms with Crippen LogP contribution in [0.4, 0.5) is 13.2 Å². The first-order valence-corrected chi connectivity index (χ1v) is 5.37. The average Bonchev–Trinajstić information content (AvgIpc) is 2.25. The molecule has 2 nitrogen and oxygen atoms in total. The molecule has 0 amide bonds. The molecule has 17 heavy (non-hydrogen) atoms. The maximum atomic E-state index is 12.0. The molecule has 0 aliphatic carbocycles. The summed E-state index contributed by atoms with van der Waals surface area (Å²) >= 11 is 5.80. The molecular weight excluding hydrogens is 255 g/mol. The lowest BCUT2D eigenvalue weighted by Crippen LogP contribution is -2.15. The molecule has 96 valence electrons. The summed E-state index contributed by atoms with van der Waals surface area (Å²) in [7, 11) is 1.44. The van der Waals surface area contributed by atoms with Crippen LogP contribution in [0.25, 0.3) is 0 Å². The normalized spacial score (nSPS) is 13.5. The van der Waals surface area contributed by atoms with E-state index in [0.717, 1.165) is 0 Å². The number of hydrogen-bond acceptors (Lipinski definition) is 2. The van der Waals surface area contributed by atoms with Gasteiger partial charge in [-0.1, -0.05) is 17.7 Å². The summed E-state index contributed by atoms with van der Waals surface area (Å²) in [5.74, 6) is 0.409. The van der Waals surface area contributed by atoms with Gasteiger partial charge in [-0.25, -0.2) is 0 Å². The highest BCUT2D eigenvalue weighted by atomic mass is 35.5. The Morgan fingerprint density at radius 1 is 1.41 bits per heavy atom. The van der Waals surface area contributed by atoms with Crippen LogP contribution >= 0.6 is 11.6 Å². The molecule has 0 spiro atoms. The van der Waals surface area contributed by atoms with E-state index in [1.165, 1.54) is 7.11 Å². The van der Waals surface area contributed by atoms with Crippen molar-refractivity contribution in [1.82, 2.24) is 0 Å². The third-order valence-electron chi connectivity index (χ3n) is 2.34. The second kappa shape index (κ2) is 5.60. The minimum atomic E-state index is -4.19. The van der Waals surface area contributed by atoms with Crippen molar-refractivity contribution in [2.75, 3.05) is 7.11 Å². The molecule has 1 aromatic rings. The second-order valence-electron chi connectivity index (χ2n) is 3.65. The number of methoxy groups -OCH3 is 1. The number of ether oxygens (including phenoxy) is 1. The third kappa shape index (κ3) is 4.44. The average molecular weight is 268 g/mol. The first-order valence-electron chi connectivity index (χ1n) is 4.99. The van der Waals surface area contributed by atoms with E-state index < -0.39 is 18.6 Å². The Kier molecular flexibility index (Phi) is 4.65. The number of halogens is 4. The highest BCUT2D eigenvalue weighted by molar-refractivity contribution is 6.32. The Morgan fingerprint density at radius 3 is 2.59 bits per heavy atom. The number of rotatable bonds is 4. The summed E-state index contributed by atoms with van der Waals surface area (Å²) < 4.78 is 41.1. The van der Waals surface area contributed by atoms with E-state index in [1.807, 2.05) is 0 Å². The molecule has 6 heteroatoms. The molecule has 1 unspecified atom stereocenters. The van der Waals surface area contributed by atoms with Crippen LogP contribution in [0.3, 0.4) is 0 Å². The topological polar surface area (TPSA) is 35.2 Å². The lowest BCUT2D eigenvalue weighted by molar-refractivity contribution is -0.136. The third-order valence-corrected chi connectivity index (χ3v) is 2.65. The van der Waals surface area contributed by atoms with E-state index in [4.69, 9.17) is 22.1 Å². The van der Waals surface area contributed by atoms with Crippen LogP contribution < -0.4 is 10.5 Å². The van der Waals surface area contributed by atoms with Crippen LogP contribution in [0.1, 0.15) is 24.4 Å². The fraction of sp³-hybridized carbons (Fsp3) is 0.455. The monoisotopic (exact) mass is 267 g/mol. The van der Waals surface area contributed by atoms with Crippen LogP contribution in [0.2, 0.25) is 5.02 Å². The molecule has 0 aromatic heterocycles. The van der Waals surface area contributed by atoms with Gasteiger partial charge in [0.2, 0.25) is 0 Å². The van der Waals surface area contributed by atoms with Crippen molar-refractivity contribution >= 4 is 11.6 Å². The van der Waals surface area contributed by atoms with Crippen molar-refractivity contribution < 1.29 is 17.9 Å². The SMILES string of the molecule is COc1cc(C(N)CCC(F)(F)F)ccc1Cl. The van der Waals surface area contributed by atoms with Crippen LogP contribution in [0.15, 0.2) is 18.2 Å². The van der Waals surface area contributed by atoms with Crippen molar-refractivity contribution in [3.63, 3.8) is 0 Å². The molecule has 1 aromatic carbocycles. The smallest absolute Gasteiger partial charge is 0.389 e. The largest absolute Gasteiger partial charge is 0.495 e. The van der Waals surface area contributed by atoms with E-state index >= 15 is 0 Å². The molecule has 0 aliphatic rings. The molecule has 0 heterocycles. The van der Waals surface area contributed by atoms with Crippen LogP contribution in [0.5, 0.6) is 5.75 Å². The first-order chi connectivity index (χ1) is 7.83. The van der Waals surface area contributed by atoms with Gasteiger partial charge in [-0.2, -0.15) is 13.2 Å². The molecule has 0 fully saturated rings. The second-order valence-corrected chi connectivity index (χ2v) is 4.06. The molecular formula is C11H13ClF3NO. The fourth-order valence-electron chi connectivity index (χ4n) is 1.39. The summed E-state index contributed by atoms with van der Waals surface area (Å²) in [6.07, 6.45) is -5.25. The Balaban J connectivity index is 2.72. The van der Waals surface area contributed by atoms with E-state index in [-0.39, 0.29) is 6.42 Å². The summed E-state index contributed by atoms with van der Waals surface area (Å²) in [6, 6.07) is 4.04. The predicted molar refractivity (Wildman–Crippen MR) is 60.2 cm³/mol. The zero-order chi connectivity index (χ0) is 13.1. The zero-order valence-corrected chi connectivity index (χ0v) is 9.98. The quantitative estimate of drug-likeness (QED) is 0.903. The van der Waals surface area contributed by atoms with Crippen molar-refractivity contribution in [3.8, 4) is 5.75 Å². The van der Waals surface area contributed by atoms with E-state index in [0.29, 0.717) is 16.3 Å². The Labute approximate surface area is 103 Å². The summed E-state index contributed by atoms with van der Waals surface area (Å²) in [5.41, 5.74) is 6.26. The van der Waals surface area contributed by atoms with Gasteiger partial charge in [0, 0.05) is 12.5 Å². The zero-order valence-electron chi connectivity index (χ0n) is 9.22. The van der Waals surface area contributed by atoms with Gasteiger partial charge in [-0.05, 0) is 24.1 Å². The van der Waals surface area contributed by atoms with Gasteiger partial charge >= 0.3 is 6.18 Å². The molecule has 0 saturated carbocycles. The lowest BCUT2D eigenvalue weighted by Gasteiger charge is -2.15. The van der Waals surface area contributed by atoms with Crippen molar-refractivity contribution in [2.45, 2.75) is 25.1 Å². The first kappa shape index (κ1) is 14.1. The summed E-state index contributed by atoms with van der Waals surface area (Å²) in [4.78, 5) is 0. The molecule has 0 radical (unpaired) electrons. The van der Waals surface area contributed by atoms with Crippen LogP contribution in [-0.2, 0) is 0 Å². The standard InChI is InChI=1S/C11H13ClF3NO/c1-17-10-6-7(2-3-8(10)12)9(16)4-5-11(13,14)15/h2-3,6,9H,4-5,16H2,1H3. The van der Waals surface area contributed by atoms with Crippen molar-refractivity contribution in [2.24, 2.45) is 5.73 Å². The van der Waals surface area contributed by atoms with E-state index in [9.17, 15) is 13.2 Å². The van der Waals surface area contributed by atoms with Gasteiger partial charge in [-0.3, -0.25) is 0 Å². The fourth-order valence-corrected chi connectivity index (χ4v) is 1.59. The maximum Gasteiger partial charge on any atom is 0.389 e. The van der Waals surface area contributed by atoms with Crippen molar-refractivity contribution in [3.05, 3.63) is 28.8 Å².